The lowest BCUT2D eigenvalue weighted by Crippen LogP contribution is -1.99. The molecular weight excluding hydrogens is 253 g/mol. The summed E-state index contributed by atoms with van der Waals surface area (Å²) in [6.45, 7) is 0. The average molecular weight is 257 g/mol. The zero-order valence-electron chi connectivity index (χ0n) is 5.69. The van der Waals surface area contributed by atoms with Gasteiger partial charge in [-0.2, -0.15) is 0 Å². The maximum atomic E-state index is 12.2. The Morgan fingerprint density at radius 2 is 2.17 bits per heavy atom. The molecule has 0 fully saturated rings. The third-order valence-electron chi connectivity index (χ3n) is 1.22. The summed E-state index contributed by atoms with van der Waals surface area (Å²) in [5.74, 6) is -0.246. The Labute approximate surface area is 80.9 Å². The summed E-state index contributed by atoms with van der Waals surface area (Å²) >= 11 is 8.48. The largest absolute Gasteiger partial charge is 0.383 e. The Hall–Kier alpha value is -0.420. The van der Waals surface area contributed by atoms with Gasteiger partial charge in [0.25, 0.3) is 6.43 Å². The predicted octanol–water partition coefficient (Wildman–Crippen LogP) is 3.02. The molecule has 1 rings (SSSR count). The van der Waals surface area contributed by atoms with E-state index in [2.05, 4.69) is 20.9 Å². The molecule has 0 bridgehead atoms. The van der Waals surface area contributed by atoms with E-state index < -0.39 is 12.0 Å². The SMILES string of the molecule is Nc1nc(Br)cc(Cl)c1C(F)F. The highest BCUT2D eigenvalue weighted by Crippen LogP contribution is 2.32. The van der Waals surface area contributed by atoms with Crippen LogP contribution in [0.2, 0.25) is 5.02 Å². The van der Waals surface area contributed by atoms with Crippen molar-refractivity contribution >= 4 is 33.3 Å². The zero-order chi connectivity index (χ0) is 9.30. The number of aromatic nitrogens is 1. The first-order valence-electron chi connectivity index (χ1n) is 2.92. The van der Waals surface area contributed by atoms with Gasteiger partial charge in [-0.15, -0.1) is 0 Å². The van der Waals surface area contributed by atoms with Gasteiger partial charge in [-0.25, -0.2) is 13.8 Å². The molecular formula is C6H4BrClF2N2. The first kappa shape index (κ1) is 9.67. The van der Waals surface area contributed by atoms with Gasteiger partial charge in [-0.1, -0.05) is 11.6 Å². The molecule has 12 heavy (non-hydrogen) atoms. The van der Waals surface area contributed by atoms with E-state index in [-0.39, 0.29) is 10.8 Å². The minimum Gasteiger partial charge on any atom is -0.383 e. The number of hydrogen-bond donors (Lipinski definition) is 1. The highest BCUT2D eigenvalue weighted by atomic mass is 79.9. The van der Waals surface area contributed by atoms with Gasteiger partial charge in [-0.3, -0.25) is 0 Å². The van der Waals surface area contributed by atoms with E-state index in [0.717, 1.165) is 0 Å². The second kappa shape index (κ2) is 3.53. The minimum absolute atomic E-state index is 0.0793. The van der Waals surface area contributed by atoms with Gasteiger partial charge < -0.3 is 5.73 Å². The van der Waals surface area contributed by atoms with Gasteiger partial charge in [0.05, 0.1) is 10.6 Å². The van der Waals surface area contributed by atoms with Crippen molar-refractivity contribution < 1.29 is 8.78 Å². The molecule has 1 aromatic heterocycles. The summed E-state index contributed by atoms with van der Waals surface area (Å²) in [5.41, 5.74) is 4.80. The molecule has 0 aliphatic heterocycles. The Morgan fingerprint density at radius 3 is 2.58 bits per heavy atom. The molecule has 0 aliphatic carbocycles. The lowest BCUT2D eigenvalue weighted by molar-refractivity contribution is 0.152. The number of anilines is 1. The maximum absolute atomic E-state index is 12.2. The maximum Gasteiger partial charge on any atom is 0.268 e. The van der Waals surface area contributed by atoms with Crippen LogP contribution >= 0.6 is 27.5 Å². The summed E-state index contributed by atoms with van der Waals surface area (Å²) < 4.78 is 24.7. The fraction of sp³-hybridized carbons (Fsp3) is 0.167. The number of pyridine rings is 1. The minimum atomic E-state index is -2.70. The van der Waals surface area contributed by atoms with E-state index in [9.17, 15) is 8.78 Å². The molecule has 0 unspecified atom stereocenters. The van der Waals surface area contributed by atoms with Crippen LogP contribution in [-0.4, -0.2) is 4.98 Å². The summed E-state index contributed by atoms with van der Waals surface area (Å²) in [6, 6.07) is 1.28. The van der Waals surface area contributed by atoms with E-state index in [1.807, 2.05) is 0 Å². The molecule has 0 radical (unpaired) electrons. The smallest absolute Gasteiger partial charge is 0.268 e. The first-order chi connectivity index (χ1) is 5.52. The average Bonchev–Trinajstić information content (AvgIpc) is 1.82. The van der Waals surface area contributed by atoms with Crippen molar-refractivity contribution in [3.05, 3.63) is 21.3 Å². The van der Waals surface area contributed by atoms with Crippen LogP contribution < -0.4 is 5.73 Å². The normalized spacial score (nSPS) is 10.8. The summed E-state index contributed by atoms with van der Waals surface area (Å²) in [5, 5.41) is -0.0793. The van der Waals surface area contributed by atoms with Gasteiger partial charge in [-0.05, 0) is 22.0 Å². The Balaban J connectivity index is 3.28. The molecule has 0 saturated carbocycles. The summed E-state index contributed by atoms with van der Waals surface area (Å²) in [7, 11) is 0. The van der Waals surface area contributed by atoms with Crippen LogP contribution in [0.1, 0.15) is 12.0 Å². The van der Waals surface area contributed by atoms with Crippen LogP contribution in [0.3, 0.4) is 0 Å². The molecule has 66 valence electrons. The third-order valence-corrected chi connectivity index (χ3v) is 1.94. The van der Waals surface area contributed by atoms with Gasteiger partial charge in [0.2, 0.25) is 0 Å². The van der Waals surface area contributed by atoms with E-state index >= 15 is 0 Å². The molecule has 2 N–H and O–H groups in total. The standard InChI is InChI=1S/C6H4BrClF2N2/c7-3-1-2(8)4(5(9)10)6(11)12-3/h1,5H,(H2,11,12). The van der Waals surface area contributed by atoms with Gasteiger partial charge >= 0.3 is 0 Å². The van der Waals surface area contributed by atoms with E-state index in [0.29, 0.717) is 4.60 Å². The topological polar surface area (TPSA) is 38.9 Å². The lowest BCUT2D eigenvalue weighted by Gasteiger charge is -2.05. The molecule has 0 saturated heterocycles. The number of rotatable bonds is 1. The predicted molar refractivity (Wildman–Crippen MR) is 46.3 cm³/mol. The van der Waals surface area contributed by atoms with Gasteiger partial charge in [0.1, 0.15) is 10.4 Å². The second-order valence-electron chi connectivity index (χ2n) is 2.03. The van der Waals surface area contributed by atoms with Crippen LogP contribution in [-0.2, 0) is 0 Å². The van der Waals surface area contributed by atoms with Crippen LogP contribution in [0, 0.1) is 0 Å². The molecule has 1 heterocycles. The number of alkyl halides is 2. The van der Waals surface area contributed by atoms with Crippen molar-refractivity contribution in [1.82, 2.24) is 4.98 Å². The molecule has 0 spiro atoms. The number of halogens is 4. The monoisotopic (exact) mass is 256 g/mol. The number of nitrogens with zero attached hydrogens (tertiary/aromatic N) is 1. The molecule has 0 amide bonds. The van der Waals surface area contributed by atoms with E-state index in [4.69, 9.17) is 17.3 Å². The fourth-order valence-electron chi connectivity index (χ4n) is 0.728. The van der Waals surface area contributed by atoms with Crippen molar-refractivity contribution in [2.75, 3.05) is 5.73 Å². The summed E-state index contributed by atoms with van der Waals surface area (Å²) in [4.78, 5) is 3.59. The molecule has 0 atom stereocenters. The summed E-state index contributed by atoms with van der Waals surface area (Å²) in [6.07, 6.45) is -2.70. The lowest BCUT2D eigenvalue weighted by atomic mass is 10.2. The highest BCUT2D eigenvalue weighted by Gasteiger charge is 2.17. The van der Waals surface area contributed by atoms with Crippen molar-refractivity contribution in [3.63, 3.8) is 0 Å². The zero-order valence-corrected chi connectivity index (χ0v) is 8.03. The van der Waals surface area contributed by atoms with Crippen molar-refractivity contribution in [2.24, 2.45) is 0 Å². The fourth-order valence-corrected chi connectivity index (χ4v) is 1.56. The molecule has 2 nitrogen and oxygen atoms in total. The molecule has 0 aromatic carbocycles. The van der Waals surface area contributed by atoms with Crippen LogP contribution in [0.5, 0.6) is 0 Å². The van der Waals surface area contributed by atoms with E-state index in [1.165, 1.54) is 6.07 Å². The Bertz CT molecular complexity index is 283. The van der Waals surface area contributed by atoms with Crippen LogP contribution in [0.25, 0.3) is 0 Å². The highest BCUT2D eigenvalue weighted by molar-refractivity contribution is 9.10. The Morgan fingerprint density at radius 1 is 1.58 bits per heavy atom. The number of nitrogen functional groups attached to an aromatic ring is 1. The number of hydrogen-bond acceptors (Lipinski definition) is 2. The second-order valence-corrected chi connectivity index (χ2v) is 3.25. The van der Waals surface area contributed by atoms with E-state index in [1.54, 1.807) is 0 Å². The molecule has 6 heteroatoms. The third kappa shape index (κ3) is 1.84. The number of nitrogens with two attached hydrogens (primary N) is 1. The van der Waals surface area contributed by atoms with Crippen LogP contribution in [0.15, 0.2) is 10.7 Å². The first-order valence-corrected chi connectivity index (χ1v) is 4.09. The molecule has 1 aromatic rings. The van der Waals surface area contributed by atoms with Gasteiger partial charge in [0.15, 0.2) is 0 Å². The van der Waals surface area contributed by atoms with Crippen LogP contribution in [0.4, 0.5) is 14.6 Å². The van der Waals surface area contributed by atoms with Gasteiger partial charge in [0, 0.05) is 0 Å². The van der Waals surface area contributed by atoms with Crippen molar-refractivity contribution in [2.45, 2.75) is 6.43 Å². The van der Waals surface area contributed by atoms with Crippen molar-refractivity contribution in [3.8, 4) is 0 Å². The quantitative estimate of drug-likeness (QED) is 0.786. The molecule has 0 aliphatic rings. The van der Waals surface area contributed by atoms with Crippen molar-refractivity contribution in [1.29, 1.82) is 0 Å². The Kier molecular flexibility index (Phi) is 2.85.